The van der Waals surface area contributed by atoms with E-state index in [-0.39, 0.29) is 18.7 Å². The average Bonchev–Trinajstić information content (AvgIpc) is 2.84. The lowest BCUT2D eigenvalue weighted by Crippen LogP contribution is -2.26. The third-order valence-corrected chi connectivity index (χ3v) is 6.40. The molecule has 0 amide bonds. The summed E-state index contributed by atoms with van der Waals surface area (Å²) in [6.45, 7) is 3.82. The number of ether oxygens (including phenoxy) is 4. The standard InChI is InChI=1S/C28H38O4/c1-22(31-27-10-4-6-20-29-27)8-2-3-9-23-12-14-24(15-13-23)25-16-18-26(19-17-25)32-28-11-5-7-21-30-28/h12-19,22,27-28H,2-11,20-21H2,1H3. The Morgan fingerprint density at radius 3 is 2.03 bits per heavy atom. The number of hydrogen-bond acceptors (Lipinski definition) is 4. The minimum atomic E-state index is -0.0935. The van der Waals surface area contributed by atoms with E-state index in [1.54, 1.807) is 0 Å². The lowest BCUT2D eigenvalue weighted by molar-refractivity contribution is -0.185. The quantitative estimate of drug-likeness (QED) is 0.378. The topological polar surface area (TPSA) is 36.9 Å². The second-order valence-electron chi connectivity index (χ2n) is 9.12. The van der Waals surface area contributed by atoms with Gasteiger partial charge in [0.1, 0.15) is 5.75 Å². The fraction of sp³-hybridized carbons (Fsp3) is 0.571. The van der Waals surface area contributed by atoms with Crippen LogP contribution in [0.25, 0.3) is 11.1 Å². The van der Waals surface area contributed by atoms with Crippen LogP contribution in [0, 0.1) is 0 Å². The highest BCUT2D eigenvalue weighted by Gasteiger charge is 2.17. The molecule has 2 saturated heterocycles. The summed E-state index contributed by atoms with van der Waals surface area (Å²) >= 11 is 0. The second kappa shape index (κ2) is 12.4. The molecule has 174 valence electrons. The van der Waals surface area contributed by atoms with Crippen LogP contribution in [0.2, 0.25) is 0 Å². The zero-order valence-electron chi connectivity index (χ0n) is 19.5. The van der Waals surface area contributed by atoms with Crippen LogP contribution in [-0.2, 0) is 20.6 Å². The lowest BCUT2D eigenvalue weighted by atomic mass is 10.0. The molecular formula is C28H38O4. The van der Waals surface area contributed by atoms with Gasteiger partial charge in [0.25, 0.3) is 0 Å². The van der Waals surface area contributed by atoms with Gasteiger partial charge in [0, 0.05) is 13.0 Å². The molecule has 0 N–H and O–H groups in total. The zero-order chi connectivity index (χ0) is 22.0. The predicted octanol–water partition coefficient (Wildman–Crippen LogP) is 6.90. The highest BCUT2D eigenvalue weighted by Crippen LogP contribution is 2.25. The third-order valence-electron chi connectivity index (χ3n) is 6.40. The van der Waals surface area contributed by atoms with Gasteiger partial charge in [-0.05, 0) is 87.1 Å². The fourth-order valence-corrected chi connectivity index (χ4v) is 4.45. The summed E-state index contributed by atoms with van der Waals surface area (Å²) < 4.78 is 23.3. The molecule has 2 aromatic carbocycles. The van der Waals surface area contributed by atoms with Crippen LogP contribution in [0.3, 0.4) is 0 Å². The number of unbranched alkanes of at least 4 members (excludes halogenated alkanes) is 1. The Bertz CT molecular complexity index is 774. The van der Waals surface area contributed by atoms with Crippen LogP contribution in [0.4, 0.5) is 0 Å². The summed E-state index contributed by atoms with van der Waals surface area (Å²) in [5, 5.41) is 0. The van der Waals surface area contributed by atoms with E-state index in [1.165, 1.54) is 48.8 Å². The van der Waals surface area contributed by atoms with Gasteiger partial charge >= 0.3 is 0 Å². The first-order valence-corrected chi connectivity index (χ1v) is 12.5. The molecule has 2 aliphatic rings. The summed E-state index contributed by atoms with van der Waals surface area (Å²) in [7, 11) is 0. The molecule has 0 spiro atoms. The monoisotopic (exact) mass is 438 g/mol. The van der Waals surface area contributed by atoms with E-state index < -0.39 is 0 Å². The first kappa shape index (κ1) is 23.3. The van der Waals surface area contributed by atoms with Crippen molar-refractivity contribution in [3.05, 3.63) is 54.1 Å². The molecule has 0 saturated carbocycles. The molecule has 4 nitrogen and oxygen atoms in total. The summed E-state index contributed by atoms with van der Waals surface area (Å²) in [5.74, 6) is 0.880. The fourth-order valence-electron chi connectivity index (χ4n) is 4.45. The van der Waals surface area contributed by atoms with Crippen molar-refractivity contribution in [2.45, 2.75) is 89.8 Å². The molecule has 3 atom stereocenters. The first-order chi connectivity index (χ1) is 15.8. The van der Waals surface area contributed by atoms with Crippen LogP contribution < -0.4 is 4.74 Å². The van der Waals surface area contributed by atoms with Gasteiger partial charge in [-0.25, -0.2) is 0 Å². The van der Waals surface area contributed by atoms with Crippen molar-refractivity contribution in [3.8, 4) is 16.9 Å². The Balaban J connectivity index is 1.17. The second-order valence-corrected chi connectivity index (χ2v) is 9.12. The van der Waals surface area contributed by atoms with E-state index in [0.717, 1.165) is 51.1 Å². The Hall–Kier alpha value is -1.88. The van der Waals surface area contributed by atoms with Crippen LogP contribution >= 0.6 is 0 Å². The van der Waals surface area contributed by atoms with E-state index >= 15 is 0 Å². The molecule has 32 heavy (non-hydrogen) atoms. The number of benzene rings is 2. The predicted molar refractivity (Wildman–Crippen MR) is 128 cm³/mol. The van der Waals surface area contributed by atoms with Crippen LogP contribution in [0.15, 0.2) is 48.5 Å². The van der Waals surface area contributed by atoms with Crippen molar-refractivity contribution >= 4 is 0 Å². The van der Waals surface area contributed by atoms with E-state index in [9.17, 15) is 0 Å². The van der Waals surface area contributed by atoms with Gasteiger partial charge in [0.05, 0.1) is 12.7 Å². The van der Waals surface area contributed by atoms with Gasteiger partial charge in [-0.3, -0.25) is 0 Å². The van der Waals surface area contributed by atoms with E-state index in [1.807, 2.05) is 12.1 Å². The summed E-state index contributed by atoms with van der Waals surface area (Å²) in [6.07, 6.45) is 11.5. The first-order valence-electron chi connectivity index (χ1n) is 12.5. The maximum absolute atomic E-state index is 6.02. The highest BCUT2D eigenvalue weighted by atomic mass is 16.7. The maximum atomic E-state index is 6.02. The Morgan fingerprint density at radius 2 is 1.41 bits per heavy atom. The molecule has 0 bridgehead atoms. The Labute approximate surface area is 193 Å². The van der Waals surface area contributed by atoms with Crippen molar-refractivity contribution < 1.29 is 18.9 Å². The normalized spacial score (nSPS) is 22.4. The lowest BCUT2D eigenvalue weighted by Gasteiger charge is -2.26. The maximum Gasteiger partial charge on any atom is 0.199 e. The minimum absolute atomic E-state index is 0.0208. The van der Waals surface area contributed by atoms with Crippen molar-refractivity contribution in [2.75, 3.05) is 13.2 Å². The molecule has 2 heterocycles. The molecule has 0 aliphatic carbocycles. The Kier molecular flexibility index (Phi) is 9.01. The van der Waals surface area contributed by atoms with Gasteiger partial charge in [-0.2, -0.15) is 0 Å². The van der Waals surface area contributed by atoms with Crippen molar-refractivity contribution in [1.82, 2.24) is 0 Å². The average molecular weight is 439 g/mol. The molecule has 4 rings (SSSR count). The molecule has 4 heteroatoms. The van der Waals surface area contributed by atoms with Gasteiger partial charge in [0.15, 0.2) is 12.6 Å². The largest absolute Gasteiger partial charge is 0.465 e. The molecule has 0 aromatic heterocycles. The van der Waals surface area contributed by atoms with Crippen LogP contribution in [0.5, 0.6) is 5.75 Å². The third kappa shape index (κ3) is 7.33. The van der Waals surface area contributed by atoms with E-state index in [2.05, 4.69) is 43.3 Å². The van der Waals surface area contributed by atoms with E-state index in [4.69, 9.17) is 18.9 Å². The van der Waals surface area contributed by atoms with E-state index in [0.29, 0.717) is 0 Å². The molecule has 3 unspecified atom stereocenters. The summed E-state index contributed by atoms with van der Waals surface area (Å²) in [6, 6.07) is 17.3. The molecule has 2 aromatic rings. The minimum Gasteiger partial charge on any atom is -0.465 e. The van der Waals surface area contributed by atoms with Crippen molar-refractivity contribution in [2.24, 2.45) is 0 Å². The summed E-state index contributed by atoms with van der Waals surface area (Å²) in [5.41, 5.74) is 3.85. The number of rotatable bonds is 10. The SMILES string of the molecule is CC(CCCCc1ccc(-c2ccc(OC3CCCCO3)cc2)cc1)OC1CCCCO1. The number of hydrogen-bond donors (Lipinski definition) is 0. The van der Waals surface area contributed by atoms with Crippen LogP contribution in [-0.4, -0.2) is 31.9 Å². The Morgan fingerprint density at radius 1 is 0.781 bits per heavy atom. The van der Waals surface area contributed by atoms with Crippen LogP contribution in [0.1, 0.15) is 70.3 Å². The van der Waals surface area contributed by atoms with Crippen molar-refractivity contribution in [3.63, 3.8) is 0 Å². The smallest absolute Gasteiger partial charge is 0.199 e. The molecule has 0 radical (unpaired) electrons. The molecule has 2 fully saturated rings. The van der Waals surface area contributed by atoms with Gasteiger partial charge < -0.3 is 18.9 Å². The van der Waals surface area contributed by atoms with Crippen molar-refractivity contribution in [1.29, 1.82) is 0 Å². The highest BCUT2D eigenvalue weighted by molar-refractivity contribution is 5.64. The summed E-state index contributed by atoms with van der Waals surface area (Å²) in [4.78, 5) is 0. The van der Waals surface area contributed by atoms with Gasteiger partial charge in [-0.15, -0.1) is 0 Å². The van der Waals surface area contributed by atoms with Gasteiger partial charge in [-0.1, -0.05) is 42.8 Å². The molecular weight excluding hydrogens is 400 g/mol. The number of aryl methyl sites for hydroxylation is 1. The zero-order valence-corrected chi connectivity index (χ0v) is 19.5. The molecule has 2 aliphatic heterocycles. The van der Waals surface area contributed by atoms with Gasteiger partial charge in [0.2, 0.25) is 0 Å².